The first-order valence-corrected chi connectivity index (χ1v) is 19.3. The molecule has 296 valence electrons. The van der Waals surface area contributed by atoms with E-state index in [0.717, 1.165) is 10.9 Å². The van der Waals surface area contributed by atoms with E-state index in [1.165, 1.54) is 24.3 Å². The van der Waals surface area contributed by atoms with Crippen LogP contribution in [-0.4, -0.2) is 116 Å². The molecular formula is C36H54N10O7S. The van der Waals surface area contributed by atoms with E-state index in [1.807, 2.05) is 30.5 Å². The van der Waals surface area contributed by atoms with Crippen LogP contribution in [0.2, 0.25) is 0 Å². The molecule has 0 aliphatic heterocycles. The summed E-state index contributed by atoms with van der Waals surface area (Å²) in [6.45, 7) is 4.61. The number of hydrogen-bond acceptors (Lipinski definition) is 10. The molecule has 1 unspecified atom stereocenters. The smallest absolute Gasteiger partial charge is 0.325 e. The van der Waals surface area contributed by atoms with Gasteiger partial charge in [-0.05, 0) is 68.7 Å². The Bertz CT molecular complexity index is 1700. The quantitative estimate of drug-likeness (QED) is 0.0595. The number of carbonyl (C=O) groups excluding carboxylic acids is 5. The van der Waals surface area contributed by atoms with Gasteiger partial charge in [-0.2, -0.15) is 11.8 Å². The number of carboxylic acids is 1. The minimum Gasteiger partial charge on any atom is -0.480 e. The standard InChI is InChI=1S/C36H54N10O7S/c1-21(2)31(45-32(48)26(38)12-14-54-4)34(50)44-29(15-24-17-39-20-41-24)35(51)46(18-23-16-40-27-10-6-5-9-25(23)27)19-30(47)43-28(11-7-8-13-37)33(49)42-22(3)36(52)53/h5-6,9-10,16-17,20-22,26,28-29,31,40H,7-8,11-15,18-19,37-38H2,1-4H3,(H,39,41)(H,42,49)(H,43,47)(H,44,50)(H,45,48)(H,52,53)/t22-,26-,28-,29?,31-/m0/s1. The number of benzene rings is 1. The summed E-state index contributed by atoms with van der Waals surface area (Å²) in [7, 11) is 0. The van der Waals surface area contributed by atoms with Gasteiger partial charge in [0.15, 0.2) is 0 Å². The van der Waals surface area contributed by atoms with Crippen LogP contribution in [0.1, 0.15) is 57.7 Å². The number of H-pyrrole nitrogens is 2. The van der Waals surface area contributed by atoms with Gasteiger partial charge in [-0.3, -0.25) is 28.8 Å². The largest absolute Gasteiger partial charge is 0.480 e. The fourth-order valence-electron chi connectivity index (χ4n) is 5.70. The van der Waals surface area contributed by atoms with Crippen LogP contribution in [0, 0.1) is 5.92 Å². The molecule has 17 nitrogen and oxygen atoms in total. The van der Waals surface area contributed by atoms with Gasteiger partial charge in [0.05, 0.1) is 18.9 Å². The molecule has 0 aliphatic carbocycles. The van der Waals surface area contributed by atoms with Crippen molar-refractivity contribution in [3.63, 3.8) is 0 Å². The highest BCUT2D eigenvalue weighted by atomic mass is 32.2. The van der Waals surface area contributed by atoms with Gasteiger partial charge < -0.3 is 52.7 Å². The summed E-state index contributed by atoms with van der Waals surface area (Å²) in [4.78, 5) is 91.1. The van der Waals surface area contributed by atoms with Gasteiger partial charge in [-0.15, -0.1) is 0 Å². The SMILES string of the molecule is CSCC[C@H](N)C(=O)N[C@H](C(=O)NC(Cc1cnc[nH]1)C(=O)N(CC(=O)N[C@@H](CCCCN)C(=O)N[C@@H](C)C(=O)O)Cc1c[nH]c2ccccc12)C(C)C. The van der Waals surface area contributed by atoms with Crippen LogP contribution in [0.5, 0.6) is 0 Å². The Morgan fingerprint density at radius 1 is 0.926 bits per heavy atom. The van der Waals surface area contributed by atoms with Crippen LogP contribution in [0.3, 0.4) is 0 Å². The summed E-state index contributed by atoms with van der Waals surface area (Å²) in [6.07, 6.45) is 8.18. The second-order valence-electron chi connectivity index (χ2n) is 13.5. The summed E-state index contributed by atoms with van der Waals surface area (Å²) in [5.41, 5.74) is 13.7. The number of aromatic nitrogens is 3. The molecule has 0 aliphatic rings. The molecule has 0 radical (unpaired) electrons. The minimum absolute atomic E-state index is 0.0280. The van der Waals surface area contributed by atoms with Gasteiger partial charge in [0, 0.05) is 42.0 Å². The van der Waals surface area contributed by atoms with E-state index in [9.17, 15) is 33.9 Å². The van der Waals surface area contributed by atoms with Crippen LogP contribution in [0.4, 0.5) is 0 Å². The number of nitrogens with zero attached hydrogens (tertiary/aromatic N) is 2. The van der Waals surface area contributed by atoms with E-state index in [2.05, 4.69) is 36.2 Å². The van der Waals surface area contributed by atoms with Gasteiger partial charge in [0.1, 0.15) is 24.2 Å². The zero-order chi connectivity index (χ0) is 39.8. The van der Waals surface area contributed by atoms with E-state index in [4.69, 9.17) is 11.5 Å². The van der Waals surface area contributed by atoms with E-state index in [1.54, 1.807) is 31.8 Å². The molecule has 18 heteroatoms. The van der Waals surface area contributed by atoms with Crippen LogP contribution < -0.4 is 32.7 Å². The second kappa shape index (κ2) is 21.7. The maximum Gasteiger partial charge on any atom is 0.325 e. The number of imidazole rings is 1. The first-order valence-electron chi connectivity index (χ1n) is 17.9. The number of fused-ring (bicyclic) bond motifs is 1. The van der Waals surface area contributed by atoms with Crippen LogP contribution in [0.15, 0.2) is 43.0 Å². The van der Waals surface area contributed by atoms with Crippen LogP contribution in [-0.2, 0) is 41.7 Å². The van der Waals surface area contributed by atoms with Gasteiger partial charge in [-0.1, -0.05) is 32.0 Å². The van der Waals surface area contributed by atoms with Crippen LogP contribution in [0.25, 0.3) is 10.9 Å². The molecule has 0 spiro atoms. The average Bonchev–Trinajstić information content (AvgIpc) is 3.81. The summed E-state index contributed by atoms with van der Waals surface area (Å²) < 4.78 is 0. The monoisotopic (exact) mass is 770 g/mol. The van der Waals surface area contributed by atoms with Gasteiger partial charge in [0.25, 0.3) is 0 Å². The number of unbranched alkanes of at least 4 members (excludes halogenated alkanes) is 1. The van der Waals surface area contributed by atoms with Crippen molar-refractivity contribution >= 4 is 58.2 Å². The molecule has 3 rings (SSSR count). The lowest BCUT2D eigenvalue weighted by atomic mass is 10.0. The Hall–Kier alpha value is -4.94. The lowest BCUT2D eigenvalue weighted by Gasteiger charge is -2.30. The number of rotatable bonds is 23. The van der Waals surface area contributed by atoms with E-state index >= 15 is 0 Å². The molecule has 5 amide bonds. The third-order valence-electron chi connectivity index (χ3n) is 8.82. The normalized spacial score (nSPS) is 14.1. The molecule has 11 N–H and O–H groups in total. The Labute approximate surface area is 318 Å². The first kappa shape index (κ1) is 43.5. The zero-order valence-electron chi connectivity index (χ0n) is 31.2. The summed E-state index contributed by atoms with van der Waals surface area (Å²) in [6, 6.07) is 2.06. The first-order chi connectivity index (χ1) is 25.7. The number of aliphatic carboxylic acids is 1. The van der Waals surface area contributed by atoms with Gasteiger partial charge in [-0.25, -0.2) is 4.98 Å². The van der Waals surface area contributed by atoms with Gasteiger partial charge >= 0.3 is 5.97 Å². The average molecular weight is 771 g/mol. The highest BCUT2D eigenvalue weighted by Crippen LogP contribution is 2.20. The Morgan fingerprint density at radius 3 is 2.31 bits per heavy atom. The maximum atomic E-state index is 14.6. The maximum absolute atomic E-state index is 14.6. The lowest BCUT2D eigenvalue weighted by molar-refractivity contribution is -0.142. The number of hydrogen-bond donors (Lipinski definition) is 9. The van der Waals surface area contributed by atoms with E-state index in [-0.39, 0.29) is 25.3 Å². The highest BCUT2D eigenvalue weighted by Gasteiger charge is 2.34. The molecule has 0 fully saturated rings. The lowest BCUT2D eigenvalue weighted by Crippen LogP contribution is -2.59. The number of carbonyl (C=O) groups is 6. The molecule has 2 aromatic heterocycles. The molecule has 1 aromatic carbocycles. The molecule has 3 aromatic rings. The number of aromatic amines is 2. The van der Waals surface area contributed by atoms with Crippen LogP contribution >= 0.6 is 11.8 Å². The predicted molar refractivity (Wildman–Crippen MR) is 206 cm³/mol. The molecule has 5 atom stereocenters. The molecule has 2 heterocycles. The van der Waals surface area contributed by atoms with Crippen molar-refractivity contribution < 1.29 is 33.9 Å². The number of thioether (sulfide) groups is 1. The Kier molecular flexibility index (Phi) is 17.5. The number of carboxylic acid groups (broad SMARTS) is 1. The Balaban J connectivity index is 1.95. The summed E-state index contributed by atoms with van der Waals surface area (Å²) in [5, 5.41) is 20.8. The van der Waals surface area contributed by atoms with Crippen molar-refractivity contribution in [2.75, 3.05) is 25.1 Å². The third kappa shape index (κ3) is 13.2. The minimum atomic E-state index is -1.24. The molecule has 0 bridgehead atoms. The fraction of sp³-hybridized carbons (Fsp3) is 0.528. The number of amides is 5. The number of nitrogens with two attached hydrogens (primary N) is 2. The van der Waals surface area contributed by atoms with Crippen molar-refractivity contribution in [2.24, 2.45) is 17.4 Å². The number of para-hydroxylation sites is 1. The molecule has 0 saturated carbocycles. The molecular weight excluding hydrogens is 717 g/mol. The van der Waals surface area contributed by atoms with E-state index in [0.29, 0.717) is 42.8 Å². The summed E-state index contributed by atoms with van der Waals surface area (Å²) in [5.74, 6) is -4.05. The number of nitrogens with one attached hydrogen (secondary N) is 6. The predicted octanol–water partition coefficient (Wildman–Crippen LogP) is 0.371. The molecule has 54 heavy (non-hydrogen) atoms. The highest BCUT2D eigenvalue weighted by molar-refractivity contribution is 7.98. The van der Waals surface area contributed by atoms with Gasteiger partial charge in [0.2, 0.25) is 29.5 Å². The topological polar surface area (TPSA) is 271 Å². The van der Waals surface area contributed by atoms with Crippen molar-refractivity contribution in [1.29, 1.82) is 0 Å². The second-order valence-corrected chi connectivity index (χ2v) is 14.5. The van der Waals surface area contributed by atoms with Crippen molar-refractivity contribution in [1.82, 2.24) is 41.1 Å². The third-order valence-corrected chi connectivity index (χ3v) is 9.46. The van der Waals surface area contributed by atoms with Crippen molar-refractivity contribution in [2.45, 2.75) is 89.6 Å². The van der Waals surface area contributed by atoms with Crippen molar-refractivity contribution in [3.05, 3.63) is 54.2 Å². The zero-order valence-corrected chi connectivity index (χ0v) is 32.0. The fourth-order valence-corrected chi connectivity index (χ4v) is 6.19. The van der Waals surface area contributed by atoms with Crippen molar-refractivity contribution in [3.8, 4) is 0 Å². The summed E-state index contributed by atoms with van der Waals surface area (Å²) >= 11 is 1.55. The Morgan fingerprint density at radius 2 is 1.67 bits per heavy atom. The molecule has 0 saturated heterocycles. The van der Waals surface area contributed by atoms with E-state index < -0.39 is 72.3 Å².